The van der Waals surface area contributed by atoms with Gasteiger partial charge in [0.15, 0.2) is 0 Å². The van der Waals surface area contributed by atoms with E-state index < -0.39 is 16.0 Å². The van der Waals surface area contributed by atoms with Crippen LogP contribution in [-0.4, -0.2) is 73.2 Å². The first-order valence-corrected chi connectivity index (χ1v) is 14.5. The lowest BCUT2D eigenvalue weighted by Gasteiger charge is -2.46. The lowest BCUT2D eigenvalue weighted by molar-refractivity contribution is -0.00275. The predicted molar refractivity (Wildman–Crippen MR) is 148 cm³/mol. The Bertz CT molecular complexity index is 1470. The molecule has 39 heavy (non-hydrogen) atoms. The molecular formula is C28H33N5O5S. The number of piperidine rings is 2. The average Bonchev–Trinajstić information content (AvgIpc) is 2.88. The van der Waals surface area contributed by atoms with Gasteiger partial charge in [-0.05, 0) is 82.1 Å². The van der Waals surface area contributed by atoms with Crippen LogP contribution in [0.5, 0.6) is 5.88 Å². The van der Waals surface area contributed by atoms with Crippen molar-refractivity contribution in [3.05, 3.63) is 65.2 Å². The van der Waals surface area contributed by atoms with Gasteiger partial charge in [-0.2, -0.15) is 4.98 Å². The van der Waals surface area contributed by atoms with Crippen LogP contribution in [0.4, 0.5) is 5.95 Å². The van der Waals surface area contributed by atoms with Crippen LogP contribution in [0.1, 0.15) is 34.3 Å². The zero-order valence-electron chi connectivity index (χ0n) is 22.2. The van der Waals surface area contributed by atoms with Gasteiger partial charge in [-0.3, -0.25) is 4.90 Å². The van der Waals surface area contributed by atoms with Crippen molar-refractivity contribution < 1.29 is 23.1 Å². The molecular weight excluding hydrogens is 518 g/mol. The number of fused-ring (bicyclic) bond motifs is 1. The van der Waals surface area contributed by atoms with E-state index in [2.05, 4.69) is 32.0 Å². The summed E-state index contributed by atoms with van der Waals surface area (Å²) < 4.78 is 35.4. The van der Waals surface area contributed by atoms with E-state index in [0.29, 0.717) is 18.2 Å². The number of likely N-dealkylation sites (tertiary alicyclic amines) is 1. The van der Waals surface area contributed by atoms with E-state index in [0.717, 1.165) is 48.7 Å². The number of carboxylic acids is 1. The Morgan fingerprint density at radius 3 is 2.59 bits per heavy atom. The van der Waals surface area contributed by atoms with Crippen molar-refractivity contribution in [2.75, 3.05) is 31.4 Å². The maximum atomic E-state index is 13.2. The van der Waals surface area contributed by atoms with Crippen LogP contribution in [0.15, 0.2) is 53.4 Å². The fraction of sp³-hybridized carbons (Fsp3) is 0.393. The number of aryl methyl sites for hydroxylation is 2. The molecule has 206 valence electrons. The third kappa shape index (κ3) is 5.75. The topological polar surface area (TPSA) is 134 Å². The summed E-state index contributed by atoms with van der Waals surface area (Å²) in [5.41, 5.74) is 3.23. The summed E-state index contributed by atoms with van der Waals surface area (Å²) in [6.07, 6.45) is 2.09. The second kappa shape index (κ2) is 10.9. The number of hydrogen-bond donors (Lipinski definition) is 3. The lowest BCUT2D eigenvalue weighted by atomic mass is 9.83. The van der Waals surface area contributed by atoms with Crippen molar-refractivity contribution in [2.45, 2.75) is 43.7 Å². The van der Waals surface area contributed by atoms with E-state index in [4.69, 9.17) is 4.74 Å². The van der Waals surface area contributed by atoms with E-state index in [1.807, 2.05) is 32.0 Å². The number of nitrogens with zero attached hydrogens (tertiary/aromatic N) is 3. The van der Waals surface area contributed by atoms with Crippen molar-refractivity contribution in [3.63, 3.8) is 0 Å². The van der Waals surface area contributed by atoms with Gasteiger partial charge in [-0.1, -0.05) is 24.3 Å². The number of carboxylic acid groups (broad SMARTS) is 1. The summed E-state index contributed by atoms with van der Waals surface area (Å²) in [7, 11) is -2.06. The fourth-order valence-electron chi connectivity index (χ4n) is 5.74. The predicted octanol–water partition coefficient (Wildman–Crippen LogP) is 3.32. The van der Waals surface area contributed by atoms with Crippen LogP contribution in [0.2, 0.25) is 0 Å². The first-order valence-electron chi connectivity index (χ1n) is 13.0. The number of carbonyl (C=O) groups is 1. The highest BCUT2D eigenvalue weighted by atomic mass is 32.2. The summed E-state index contributed by atoms with van der Waals surface area (Å²) in [5, 5.41) is 12.8. The van der Waals surface area contributed by atoms with E-state index in [1.54, 1.807) is 6.07 Å². The Hall–Kier alpha value is -3.54. The Kier molecular flexibility index (Phi) is 7.57. The van der Waals surface area contributed by atoms with E-state index in [1.165, 1.54) is 18.2 Å². The van der Waals surface area contributed by atoms with Gasteiger partial charge in [0.05, 0.1) is 22.2 Å². The molecule has 3 atom stereocenters. The summed E-state index contributed by atoms with van der Waals surface area (Å²) >= 11 is 0. The van der Waals surface area contributed by atoms with Gasteiger partial charge >= 0.3 is 5.97 Å². The van der Waals surface area contributed by atoms with Crippen LogP contribution >= 0.6 is 0 Å². The number of benzene rings is 2. The van der Waals surface area contributed by atoms with Gasteiger partial charge in [0.1, 0.15) is 6.10 Å². The van der Waals surface area contributed by atoms with Crippen molar-refractivity contribution in [2.24, 2.45) is 5.92 Å². The van der Waals surface area contributed by atoms with Crippen molar-refractivity contribution >= 4 is 21.9 Å². The van der Waals surface area contributed by atoms with Gasteiger partial charge in [-0.15, -0.1) is 0 Å². The molecule has 5 rings (SSSR count). The molecule has 0 amide bonds. The van der Waals surface area contributed by atoms with Gasteiger partial charge in [0.25, 0.3) is 10.0 Å². The Balaban J connectivity index is 1.53. The molecule has 10 nitrogen and oxygen atoms in total. The molecule has 3 unspecified atom stereocenters. The molecule has 11 heteroatoms. The van der Waals surface area contributed by atoms with Crippen LogP contribution < -0.4 is 14.8 Å². The van der Waals surface area contributed by atoms with E-state index >= 15 is 0 Å². The molecule has 0 aliphatic carbocycles. The molecule has 2 aromatic carbocycles. The number of aromatic nitrogens is 2. The van der Waals surface area contributed by atoms with Gasteiger partial charge < -0.3 is 15.2 Å². The van der Waals surface area contributed by atoms with Crippen LogP contribution in [0.3, 0.4) is 0 Å². The normalized spacial score (nSPS) is 21.7. The van der Waals surface area contributed by atoms with Gasteiger partial charge in [-0.25, -0.2) is 22.9 Å². The Labute approximate surface area is 228 Å². The highest BCUT2D eigenvalue weighted by molar-refractivity contribution is 7.92. The number of aromatic carboxylic acids is 1. The minimum atomic E-state index is -4.18. The SMILES string of the molecule is Cc1cccc(C)c1-c1cc(OC2CNCC3CCCN(C)C32)nc(NS(=O)(=O)c2cccc(C(=O)O)c2)n1. The molecule has 2 aliphatic rings. The third-order valence-electron chi connectivity index (χ3n) is 7.54. The number of hydrogen-bond acceptors (Lipinski definition) is 8. The first-order chi connectivity index (χ1) is 18.6. The molecule has 2 saturated heterocycles. The minimum Gasteiger partial charge on any atom is -0.478 e. The molecule has 0 spiro atoms. The standard InChI is InChI=1S/C28H33N5O5S/c1-17-7-4-8-18(2)25(17)22-14-24(38-23-16-29-15-20-10-6-12-33(3)26(20)23)31-28(30-22)32-39(36,37)21-11-5-9-19(13-21)27(34)35/h4-5,7-9,11,13-14,20,23,26,29H,6,10,12,15-16H2,1-3H3,(H,34,35)(H,30,31,32). The quantitative estimate of drug-likeness (QED) is 0.404. The molecule has 1 aromatic heterocycles. The van der Waals surface area contributed by atoms with Crippen molar-refractivity contribution in [1.82, 2.24) is 20.2 Å². The Morgan fingerprint density at radius 1 is 1.10 bits per heavy atom. The second-order valence-corrected chi connectivity index (χ2v) is 12.0. The van der Waals surface area contributed by atoms with Crippen LogP contribution in [-0.2, 0) is 10.0 Å². The van der Waals surface area contributed by atoms with Gasteiger partial charge in [0, 0.05) is 18.2 Å². The van der Waals surface area contributed by atoms with E-state index in [9.17, 15) is 18.3 Å². The molecule has 0 bridgehead atoms. The summed E-state index contributed by atoms with van der Waals surface area (Å²) in [6, 6.07) is 13.0. The number of likely N-dealkylation sites (N-methyl/N-ethyl adjacent to an activating group) is 1. The summed E-state index contributed by atoms with van der Waals surface area (Å²) in [4.78, 5) is 22.6. The number of anilines is 1. The molecule has 0 radical (unpaired) electrons. The van der Waals surface area contributed by atoms with Crippen molar-refractivity contribution in [3.8, 4) is 17.1 Å². The first kappa shape index (κ1) is 27.0. The minimum absolute atomic E-state index is 0.136. The molecule has 3 aromatic rings. The Morgan fingerprint density at radius 2 is 1.85 bits per heavy atom. The molecule has 0 saturated carbocycles. The number of nitrogens with one attached hydrogen (secondary N) is 2. The number of sulfonamides is 1. The van der Waals surface area contributed by atoms with Crippen LogP contribution in [0, 0.1) is 19.8 Å². The third-order valence-corrected chi connectivity index (χ3v) is 8.87. The highest BCUT2D eigenvalue weighted by Crippen LogP contribution is 2.32. The molecule has 2 fully saturated rings. The second-order valence-electron chi connectivity index (χ2n) is 10.3. The highest BCUT2D eigenvalue weighted by Gasteiger charge is 2.39. The smallest absolute Gasteiger partial charge is 0.335 e. The molecule has 3 N–H and O–H groups in total. The van der Waals surface area contributed by atoms with Gasteiger partial charge in [0.2, 0.25) is 11.8 Å². The lowest BCUT2D eigenvalue weighted by Crippen LogP contribution is -2.61. The zero-order valence-corrected chi connectivity index (χ0v) is 23.0. The maximum absolute atomic E-state index is 13.2. The monoisotopic (exact) mass is 551 g/mol. The average molecular weight is 552 g/mol. The van der Waals surface area contributed by atoms with Crippen molar-refractivity contribution in [1.29, 1.82) is 0 Å². The zero-order chi connectivity index (χ0) is 27.7. The number of ether oxygens (including phenoxy) is 1. The number of rotatable bonds is 7. The van der Waals surface area contributed by atoms with E-state index in [-0.39, 0.29) is 34.4 Å². The molecule has 3 heterocycles. The fourth-order valence-corrected chi connectivity index (χ4v) is 6.73. The maximum Gasteiger partial charge on any atom is 0.335 e. The largest absolute Gasteiger partial charge is 0.478 e. The summed E-state index contributed by atoms with van der Waals surface area (Å²) in [5.74, 6) is -0.640. The summed E-state index contributed by atoms with van der Waals surface area (Å²) in [6.45, 7) is 6.53. The molecule has 2 aliphatic heterocycles. The van der Waals surface area contributed by atoms with Crippen LogP contribution in [0.25, 0.3) is 11.3 Å².